The van der Waals surface area contributed by atoms with Crippen molar-refractivity contribution < 1.29 is 9.53 Å². The van der Waals surface area contributed by atoms with Crippen LogP contribution >= 0.6 is 23.2 Å². The van der Waals surface area contributed by atoms with E-state index in [1.165, 1.54) is 12.3 Å². The van der Waals surface area contributed by atoms with Gasteiger partial charge in [0.25, 0.3) is 0 Å². The number of nitrogens with zero attached hydrogens (tertiary/aromatic N) is 1. The van der Waals surface area contributed by atoms with Crippen molar-refractivity contribution in [1.29, 1.82) is 0 Å². The molecule has 0 amide bonds. The maximum atomic E-state index is 12.0. The van der Waals surface area contributed by atoms with Gasteiger partial charge in [0, 0.05) is 15.6 Å². The molecule has 0 aliphatic heterocycles. The van der Waals surface area contributed by atoms with Crippen LogP contribution in [0.4, 0.5) is 5.69 Å². The number of esters is 1. The minimum atomic E-state index is -0.502. The van der Waals surface area contributed by atoms with E-state index in [9.17, 15) is 4.79 Å². The Hall–Kier alpha value is -1.78. The van der Waals surface area contributed by atoms with Gasteiger partial charge in [-0.2, -0.15) is 0 Å². The lowest BCUT2D eigenvalue weighted by Gasteiger charge is -2.09. The number of aryl methyl sites for hydroxylation is 1. The minimum Gasteiger partial charge on any atom is -0.457 e. The van der Waals surface area contributed by atoms with Crippen LogP contribution in [0.5, 0.6) is 0 Å². The number of ether oxygens (including phenoxy) is 1. The van der Waals surface area contributed by atoms with Crippen molar-refractivity contribution >= 4 is 34.9 Å². The second-order valence-electron chi connectivity index (χ2n) is 4.21. The number of nitrogens with two attached hydrogens (primary N) is 1. The van der Waals surface area contributed by atoms with Crippen LogP contribution in [0.25, 0.3) is 0 Å². The van der Waals surface area contributed by atoms with Crippen molar-refractivity contribution in [3.63, 3.8) is 0 Å². The molecule has 0 saturated heterocycles. The van der Waals surface area contributed by atoms with Gasteiger partial charge in [-0.3, -0.25) is 4.98 Å². The number of anilines is 1. The fraction of sp³-hybridized carbons (Fsp3) is 0.143. The van der Waals surface area contributed by atoms with Crippen LogP contribution in [0.2, 0.25) is 10.0 Å². The lowest BCUT2D eigenvalue weighted by atomic mass is 10.2. The highest BCUT2D eigenvalue weighted by atomic mass is 35.5. The molecule has 2 rings (SSSR count). The maximum absolute atomic E-state index is 12.0. The normalized spacial score (nSPS) is 10.3. The van der Waals surface area contributed by atoms with E-state index in [-0.39, 0.29) is 6.61 Å². The largest absolute Gasteiger partial charge is 0.457 e. The summed E-state index contributed by atoms with van der Waals surface area (Å²) in [6.45, 7) is 1.74. The van der Waals surface area contributed by atoms with Crippen molar-refractivity contribution in [3.05, 3.63) is 57.3 Å². The Morgan fingerprint density at radius 1 is 1.35 bits per heavy atom. The SMILES string of the molecule is Cc1ncc(N)cc1C(=O)OCc1cc(Cl)ccc1Cl. The zero-order valence-electron chi connectivity index (χ0n) is 10.7. The average Bonchev–Trinajstić information content (AvgIpc) is 2.42. The van der Waals surface area contributed by atoms with Crippen LogP contribution in [0, 0.1) is 6.92 Å². The van der Waals surface area contributed by atoms with Crippen LogP contribution in [-0.4, -0.2) is 11.0 Å². The van der Waals surface area contributed by atoms with E-state index >= 15 is 0 Å². The molecule has 1 heterocycles. The predicted molar refractivity (Wildman–Crippen MR) is 79.0 cm³/mol. The average molecular weight is 311 g/mol. The number of carbonyl (C=O) groups is 1. The molecule has 104 valence electrons. The topological polar surface area (TPSA) is 65.2 Å². The summed E-state index contributed by atoms with van der Waals surface area (Å²) < 4.78 is 5.21. The maximum Gasteiger partial charge on any atom is 0.340 e. The minimum absolute atomic E-state index is 0.0342. The number of halogens is 2. The number of nitrogen functional groups attached to an aromatic ring is 1. The first-order chi connectivity index (χ1) is 9.47. The Morgan fingerprint density at radius 2 is 2.10 bits per heavy atom. The molecule has 0 bridgehead atoms. The first-order valence-electron chi connectivity index (χ1n) is 5.80. The molecular formula is C14H12Cl2N2O2. The van der Waals surface area contributed by atoms with Gasteiger partial charge in [0.1, 0.15) is 6.61 Å². The fourth-order valence-electron chi connectivity index (χ4n) is 1.63. The summed E-state index contributed by atoms with van der Waals surface area (Å²) in [7, 11) is 0. The fourth-order valence-corrected chi connectivity index (χ4v) is 2.00. The van der Waals surface area contributed by atoms with Crippen LogP contribution in [0.3, 0.4) is 0 Å². The summed E-state index contributed by atoms with van der Waals surface area (Å²) >= 11 is 11.9. The Balaban J connectivity index is 2.12. The zero-order chi connectivity index (χ0) is 14.7. The summed E-state index contributed by atoms with van der Waals surface area (Å²) in [5.41, 5.74) is 7.55. The third-order valence-corrected chi connectivity index (χ3v) is 3.30. The van der Waals surface area contributed by atoms with Crippen LogP contribution < -0.4 is 5.73 Å². The third kappa shape index (κ3) is 3.40. The van der Waals surface area contributed by atoms with Gasteiger partial charge >= 0.3 is 5.97 Å². The summed E-state index contributed by atoms with van der Waals surface area (Å²) in [5.74, 6) is -0.502. The number of hydrogen-bond acceptors (Lipinski definition) is 4. The van der Waals surface area contributed by atoms with Gasteiger partial charge in [-0.05, 0) is 31.2 Å². The second-order valence-corrected chi connectivity index (χ2v) is 5.06. The lowest BCUT2D eigenvalue weighted by Crippen LogP contribution is -2.09. The summed E-state index contributed by atoms with van der Waals surface area (Å²) in [6.07, 6.45) is 1.49. The van der Waals surface area contributed by atoms with Gasteiger partial charge in [0.2, 0.25) is 0 Å². The molecule has 0 fully saturated rings. The number of carbonyl (C=O) groups excluding carboxylic acids is 1. The van der Waals surface area contributed by atoms with Crippen molar-refractivity contribution in [3.8, 4) is 0 Å². The predicted octanol–water partition coefficient (Wildman–Crippen LogP) is 3.64. The van der Waals surface area contributed by atoms with E-state index in [1.807, 2.05) is 0 Å². The van der Waals surface area contributed by atoms with Gasteiger partial charge in [-0.15, -0.1) is 0 Å². The zero-order valence-corrected chi connectivity index (χ0v) is 12.2. The number of hydrogen-bond donors (Lipinski definition) is 1. The second kappa shape index (κ2) is 6.11. The molecule has 2 N–H and O–H groups in total. The highest BCUT2D eigenvalue weighted by Crippen LogP contribution is 2.22. The molecule has 1 aromatic carbocycles. The van der Waals surface area contributed by atoms with Crippen molar-refractivity contribution in [2.45, 2.75) is 13.5 Å². The van der Waals surface area contributed by atoms with Gasteiger partial charge in [0.05, 0.1) is 23.1 Å². The molecule has 0 unspecified atom stereocenters. The standard InChI is InChI=1S/C14H12Cl2N2O2/c1-8-12(5-11(17)6-18-8)14(19)20-7-9-4-10(15)2-3-13(9)16/h2-6H,7,17H2,1H3. The number of rotatable bonds is 3. The molecule has 0 atom stereocenters. The summed E-state index contributed by atoms with van der Waals surface area (Å²) in [5, 5.41) is 1.02. The van der Waals surface area contributed by atoms with Crippen molar-refractivity contribution in [2.75, 3.05) is 5.73 Å². The van der Waals surface area contributed by atoms with Gasteiger partial charge in [-0.1, -0.05) is 23.2 Å². The third-order valence-electron chi connectivity index (χ3n) is 2.69. The summed E-state index contributed by atoms with van der Waals surface area (Å²) in [4.78, 5) is 16.0. The van der Waals surface area contributed by atoms with E-state index in [1.54, 1.807) is 25.1 Å². The van der Waals surface area contributed by atoms with Crippen LogP contribution in [-0.2, 0) is 11.3 Å². The molecule has 0 saturated carbocycles. The quantitative estimate of drug-likeness (QED) is 0.879. The first-order valence-corrected chi connectivity index (χ1v) is 6.56. The molecule has 2 aromatic rings. The molecule has 0 aliphatic rings. The molecule has 20 heavy (non-hydrogen) atoms. The Kier molecular flexibility index (Phi) is 4.47. The number of aromatic nitrogens is 1. The lowest BCUT2D eigenvalue weighted by molar-refractivity contribution is 0.0471. The summed E-state index contributed by atoms with van der Waals surface area (Å²) in [6, 6.07) is 6.51. The van der Waals surface area contributed by atoms with Gasteiger partial charge < -0.3 is 10.5 Å². The molecule has 6 heteroatoms. The Bertz CT molecular complexity index is 660. The number of pyridine rings is 1. The smallest absolute Gasteiger partial charge is 0.340 e. The van der Waals surface area contributed by atoms with E-state index in [0.717, 1.165) is 0 Å². The Labute approximate surface area is 126 Å². The monoisotopic (exact) mass is 310 g/mol. The van der Waals surface area contributed by atoms with Gasteiger partial charge in [0.15, 0.2) is 0 Å². The molecule has 0 spiro atoms. The Morgan fingerprint density at radius 3 is 2.85 bits per heavy atom. The van der Waals surface area contributed by atoms with Crippen molar-refractivity contribution in [2.24, 2.45) is 0 Å². The molecule has 4 nitrogen and oxygen atoms in total. The van der Waals surface area contributed by atoms with Gasteiger partial charge in [-0.25, -0.2) is 4.79 Å². The van der Waals surface area contributed by atoms with E-state index in [0.29, 0.717) is 32.6 Å². The molecule has 0 aliphatic carbocycles. The molecule has 0 radical (unpaired) electrons. The molecular weight excluding hydrogens is 299 g/mol. The van der Waals surface area contributed by atoms with E-state index in [4.69, 9.17) is 33.7 Å². The van der Waals surface area contributed by atoms with Crippen LogP contribution in [0.15, 0.2) is 30.5 Å². The highest BCUT2D eigenvalue weighted by Gasteiger charge is 2.13. The van der Waals surface area contributed by atoms with E-state index in [2.05, 4.69) is 4.98 Å². The van der Waals surface area contributed by atoms with Crippen molar-refractivity contribution in [1.82, 2.24) is 4.98 Å². The first kappa shape index (κ1) is 14.6. The number of benzene rings is 1. The highest BCUT2D eigenvalue weighted by molar-refractivity contribution is 6.33. The van der Waals surface area contributed by atoms with Crippen LogP contribution in [0.1, 0.15) is 21.6 Å². The molecule has 1 aromatic heterocycles. The van der Waals surface area contributed by atoms with E-state index < -0.39 is 5.97 Å².